The zero-order valence-corrected chi connectivity index (χ0v) is 13.1. The summed E-state index contributed by atoms with van der Waals surface area (Å²) < 4.78 is 0. The molecule has 1 aromatic rings. The van der Waals surface area contributed by atoms with Gasteiger partial charge in [-0.05, 0) is 25.5 Å². The van der Waals surface area contributed by atoms with E-state index in [1.165, 1.54) is 4.90 Å². The summed E-state index contributed by atoms with van der Waals surface area (Å²) in [6.07, 6.45) is 0.782. The molecule has 1 N–H and O–H groups in total. The number of imide groups is 1. The Kier molecular flexibility index (Phi) is 4.83. The summed E-state index contributed by atoms with van der Waals surface area (Å²) in [5.41, 5.74) is -0.591. The highest BCUT2D eigenvalue weighted by atomic mass is 16.4. The van der Waals surface area contributed by atoms with Crippen molar-refractivity contribution in [1.82, 2.24) is 9.80 Å². The van der Waals surface area contributed by atoms with Gasteiger partial charge in [0.15, 0.2) is 0 Å². The first-order valence-corrected chi connectivity index (χ1v) is 7.39. The van der Waals surface area contributed by atoms with Gasteiger partial charge in [-0.1, -0.05) is 24.3 Å². The van der Waals surface area contributed by atoms with E-state index in [0.29, 0.717) is 12.0 Å². The lowest BCUT2D eigenvalue weighted by Crippen LogP contribution is -2.46. The topological polar surface area (TPSA) is 77.9 Å². The number of carboxylic acid groups (broad SMARTS) is 1. The second-order valence-corrected chi connectivity index (χ2v) is 5.89. The molecular weight excluding hydrogens is 296 g/mol. The molecule has 1 aromatic carbocycles. The molecule has 2 rings (SSSR count). The van der Waals surface area contributed by atoms with Gasteiger partial charge >= 0.3 is 6.09 Å². The highest BCUT2D eigenvalue weighted by Gasteiger charge is 2.43. The van der Waals surface area contributed by atoms with Crippen LogP contribution in [0.2, 0.25) is 0 Å². The first-order valence-electron chi connectivity index (χ1n) is 7.39. The fourth-order valence-electron chi connectivity index (χ4n) is 2.78. The molecule has 1 fully saturated rings. The maximum Gasteiger partial charge on any atom is 0.407 e. The lowest BCUT2D eigenvalue weighted by atomic mass is 9.84. The zero-order valence-electron chi connectivity index (χ0n) is 13.1. The monoisotopic (exact) mass is 316 g/mol. The maximum atomic E-state index is 12.9. The van der Waals surface area contributed by atoms with Crippen LogP contribution in [0, 0.1) is 5.41 Å². The third-order valence-electron chi connectivity index (χ3n) is 4.03. The molecule has 1 aliphatic rings. The van der Waals surface area contributed by atoms with Crippen molar-refractivity contribution in [2.24, 2.45) is 5.41 Å². The number of hydrogen-bond donors (Lipinski definition) is 1. The van der Waals surface area contributed by atoms with Crippen LogP contribution in [0.4, 0.5) is 4.79 Å². The van der Waals surface area contributed by atoms with Gasteiger partial charge < -0.3 is 10.0 Å². The quantitative estimate of drug-likeness (QED) is 0.685. The molecule has 1 aliphatic heterocycles. The van der Waals surface area contributed by atoms with Gasteiger partial charge in [0.05, 0.1) is 5.41 Å². The van der Waals surface area contributed by atoms with Crippen LogP contribution in [0.25, 0.3) is 0 Å². The Labute approximate surface area is 135 Å². The van der Waals surface area contributed by atoms with Crippen LogP contribution >= 0.6 is 0 Å². The number of nitrogens with zero attached hydrogens (tertiary/aromatic N) is 2. The van der Waals surface area contributed by atoms with Crippen LogP contribution in [0.3, 0.4) is 0 Å². The molecule has 23 heavy (non-hydrogen) atoms. The number of hydrogen-bond acceptors (Lipinski definition) is 3. The van der Waals surface area contributed by atoms with Crippen molar-refractivity contribution < 1.29 is 19.5 Å². The SMILES string of the molecule is C=CCC1(C)CN(C(=O)O)CCN(C(=O)c2ccccc2)C1=O. The third kappa shape index (κ3) is 3.41. The highest BCUT2D eigenvalue weighted by Crippen LogP contribution is 2.29. The van der Waals surface area contributed by atoms with Crippen LogP contribution in [0.1, 0.15) is 23.7 Å². The highest BCUT2D eigenvalue weighted by molar-refractivity contribution is 6.06. The minimum atomic E-state index is -1.10. The molecule has 0 spiro atoms. The Hall–Kier alpha value is -2.63. The minimum Gasteiger partial charge on any atom is -0.465 e. The van der Waals surface area contributed by atoms with E-state index in [9.17, 15) is 19.5 Å². The molecule has 0 aliphatic carbocycles. The van der Waals surface area contributed by atoms with E-state index in [1.807, 2.05) is 0 Å². The van der Waals surface area contributed by atoms with Crippen LogP contribution in [0.15, 0.2) is 43.0 Å². The van der Waals surface area contributed by atoms with Crippen molar-refractivity contribution >= 4 is 17.9 Å². The number of rotatable bonds is 3. The Morgan fingerprint density at radius 3 is 2.52 bits per heavy atom. The summed E-state index contributed by atoms with van der Waals surface area (Å²) >= 11 is 0. The first-order chi connectivity index (χ1) is 10.9. The van der Waals surface area contributed by atoms with E-state index < -0.39 is 17.4 Å². The van der Waals surface area contributed by atoms with Gasteiger partial charge in [0.2, 0.25) is 5.91 Å². The van der Waals surface area contributed by atoms with Crippen molar-refractivity contribution in [1.29, 1.82) is 0 Å². The van der Waals surface area contributed by atoms with Gasteiger partial charge in [-0.15, -0.1) is 6.58 Å². The van der Waals surface area contributed by atoms with E-state index in [4.69, 9.17) is 0 Å². The molecule has 1 heterocycles. The summed E-state index contributed by atoms with van der Waals surface area (Å²) in [6, 6.07) is 8.51. The summed E-state index contributed by atoms with van der Waals surface area (Å²) in [5, 5.41) is 9.28. The molecule has 1 atom stereocenters. The number of benzene rings is 1. The van der Waals surface area contributed by atoms with Crippen LogP contribution < -0.4 is 0 Å². The lowest BCUT2D eigenvalue weighted by Gasteiger charge is -2.30. The minimum absolute atomic E-state index is 0.0472. The van der Waals surface area contributed by atoms with Crippen molar-refractivity contribution in [2.75, 3.05) is 19.6 Å². The molecule has 0 aromatic heterocycles. The number of carbonyl (C=O) groups is 3. The van der Waals surface area contributed by atoms with E-state index in [2.05, 4.69) is 6.58 Å². The largest absolute Gasteiger partial charge is 0.465 e. The fourth-order valence-corrected chi connectivity index (χ4v) is 2.78. The van der Waals surface area contributed by atoms with E-state index >= 15 is 0 Å². The van der Waals surface area contributed by atoms with Crippen molar-refractivity contribution in [2.45, 2.75) is 13.3 Å². The summed E-state index contributed by atoms with van der Waals surface area (Å²) in [4.78, 5) is 39.2. The zero-order chi connectivity index (χ0) is 17.0. The van der Waals surface area contributed by atoms with Crippen molar-refractivity contribution in [3.05, 3.63) is 48.6 Å². The standard InChI is InChI=1S/C17H20N2O4/c1-3-9-17(2)12-18(16(22)23)10-11-19(15(17)21)14(20)13-7-5-4-6-8-13/h3-8H,1,9-12H2,2H3,(H,22,23). The average molecular weight is 316 g/mol. The second kappa shape index (κ2) is 6.64. The smallest absolute Gasteiger partial charge is 0.407 e. The van der Waals surface area contributed by atoms with Gasteiger partial charge in [0.1, 0.15) is 0 Å². The Morgan fingerprint density at radius 1 is 1.30 bits per heavy atom. The van der Waals surface area contributed by atoms with E-state index in [-0.39, 0.29) is 25.5 Å². The van der Waals surface area contributed by atoms with Gasteiger partial charge in [0.25, 0.3) is 5.91 Å². The molecule has 3 amide bonds. The van der Waals surface area contributed by atoms with E-state index in [1.54, 1.807) is 43.3 Å². The summed E-state index contributed by atoms with van der Waals surface area (Å²) in [6.45, 7) is 5.51. The predicted molar refractivity (Wildman–Crippen MR) is 85.0 cm³/mol. The predicted octanol–water partition coefficient (Wildman–Crippen LogP) is 2.23. The van der Waals surface area contributed by atoms with Crippen molar-refractivity contribution in [3.63, 3.8) is 0 Å². The number of amides is 3. The molecule has 1 saturated heterocycles. The average Bonchev–Trinajstić information content (AvgIpc) is 2.66. The summed E-state index contributed by atoms with van der Waals surface area (Å²) in [7, 11) is 0. The third-order valence-corrected chi connectivity index (χ3v) is 4.03. The van der Waals surface area contributed by atoms with Gasteiger partial charge in [-0.25, -0.2) is 4.79 Å². The second-order valence-electron chi connectivity index (χ2n) is 5.89. The Bertz CT molecular complexity index is 629. The number of carbonyl (C=O) groups excluding carboxylic acids is 2. The molecule has 6 heteroatoms. The molecule has 122 valence electrons. The molecular formula is C17H20N2O4. The van der Waals surface area contributed by atoms with Gasteiger partial charge in [-0.3, -0.25) is 14.5 Å². The van der Waals surface area contributed by atoms with Crippen molar-refractivity contribution in [3.8, 4) is 0 Å². The lowest BCUT2D eigenvalue weighted by molar-refractivity contribution is -0.137. The number of allylic oxidation sites excluding steroid dienone is 1. The summed E-state index contributed by atoms with van der Waals surface area (Å²) in [5.74, 6) is -0.770. The van der Waals surface area contributed by atoms with Gasteiger partial charge in [0, 0.05) is 25.2 Å². The molecule has 6 nitrogen and oxygen atoms in total. The van der Waals surface area contributed by atoms with Crippen LogP contribution in [-0.2, 0) is 4.79 Å². The molecule has 1 unspecified atom stereocenters. The fraction of sp³-hybridized carbons (Fsp3) is 0.353. The molecule has 0 radical (unpaired) electrons. The Morgan fingerprint density at radius 2 is 1.96 bits per heavy atom. The van der Waals surface area contributed by atoms with E-state index in [0.717, 1.165) is 4.90 Å². The molecule has 0 saturated carbocycles. The van der Waals surface area contributed by atoms with Crippen LogP contribution in [0.5, 0.6) is 0 Å². The molecule has 0 bridgehead atoms. The van der Waals surface area contributed by atoms with Crippen LogP contribution in [-0.4, -0.2) is 52.4 Å². The Balaban J connectivity index is 2.36. The maximum absolute atomic E-state index is 12.9. The van der Waals surface area contributed by atoms with Gasteiger partial charge in [-0.2, -0.15) is 0 Å². The normalized spacial score (nSPS) is 21.7. The first kappa shape index (κ1) is 16.7.